The fraction of sp³-hybridized carbons (Fsp3) is 0.167. The number of para-hydroxylation sites is 1. The van der Waals surface area contributed by atoms with Gasteiger partial charge in [0.15, 0.2) is 11.3 Å². The lowest BCUT2D eigenvalue weighted by atomic mass is 10.3. The number of amides is 1. The van der Waals surface area contributed by atoms with Crippen molar-refractivity contribution in [3.05, 3.63) is 76.1 Å². The second kappa shape index (κ2) is 7.65. The molecule has 0 aliphatic heterocycles. The molecule has 0 aliphatic rings. The SMILES string of the molecule is O=C(NCCCn1nc2ccccn2c1=O)c1cn(-c2ccccc2Cl)nn1. The molecule has 1 N–H and O–H groups in total. The van der Waals surface area contributed by atoms with E-state index in [1.807, 2.05) is 18.2 Å². The molecule has 0 saturated carbocycles. The molecule has 0 atom stereocenters. The zero-order valence-electron chi connectivity index (χ0n) is 14.7. The lowest BCUT2D eigenvalue weighted by Crippen LogP contribution is -2.27. The number of nitrogens with zero attached hydrogens (tertiary/aromatic N) is 6. The average molecular weight is 398 g/mol. The van der Waals surface area contributed by atoms with Crippen LogP contribution in [0, 0.1) is 0 Å². The van der Waals surface area contributed by atoms with Crippen LogP contribution in [-0.4, -0.2) is 41.6 Å². The molecule has 4 rings (SSSR count). The van der Waals surface area contributed by atoms with Crippen LogP contribution in [-0.2, 0) is 6.54 Å². The summed E-state index contributed by atoms with van der Waals surface area (Å²) in [6.45, 7) is 0.769. The van der Waals surface area contributed by atoms with Crippen LogP contribution in [0.2, 0.25) is 5.02 Å². The summed E-state index contributed by atoms with van der Waals surface area (Å²) < 4.78 is 4.31. The van der Waals surface area contributed by atoms with Crippen LogP contribution < -0.4 is 11.0 Å². The lowest BCUT2D eigenvalue weighted by Gasteiger charge is -2.03. The number of carbonyl (C=O) groups is 1. The van der Waals surface area contributed by atoms with Gasteiger partial charge in [-0.1, -0.05) is 35.0 Å². The van der Waals surface area contributed by atoms with Crippen LogP contribution in [0.1, 0.15) is 16.9 Å². The molecule has 0 aliphatic carbocycles. The number of nitrogens with one attached hydrogen (secondary N) is 1. The predicted molar refractivity (Wildman–Crippen MR) is 103 cm³/mol. The van der Waals surface area contributed by atoms with Crippen molar-refractivity contribution in [2.24, 2.45) is 0 Å². The lowest BCUT2D eigenvalue weighted by molar-refractivity contribution is 0.0947. The monoisotopic (exact) mass is 397 g/mol. The Balaban J connectivity index is 1.34. The molecular weight excluding hydrogens is 382 g/mol. The van der Waals surface area contributed by atoms with Crippen molar-refractivity contribution in [3.63, 3.8) is 0 Å². The Hall–Kier alpha value is -3.46. The standard InChI is InChI=1S/C18H16ClN7O2/c19-13-6-1-2-7-15(13)26-12-14(21-23-26)17(27)20-9-5-11-25-18(28)24-10-4-3-8-16(24)22-25/h1-4,6-8,10,12H,5,9,11H2,(H,20,27). The van der Waals surface area contributed by atoms with E-state index >= 15 is 0 Å². The molecule has 0 saturated heterocycles. The number of benzene rings is 1. The summed E-state index contributed by atoms with van der Waals surface area (Å²) in [5.74, 6) is -0.347. The van der Waals surface area contributed by atoms with E-state index in [1.165, 1.54) is 20.0 Å². The molecule has 0 bridgehead atoms. The third-order valence-electron chi connectivity index (χ3n) is 4.15. The smallest absolute Gasteiger partial charge is 0.350 e. The molecule has 1 amide bonds. The third-order valence-corrected chi connectivity index (χ3v) is 4.47. The Bertz CT molecular complexity index is 1190. The van der Waals surface area contributed by atoms with Gasteiger partial charge < -0.3 is 5.32 Å². The molecule has 0 spiro atoms. The number of aromatic nitrogens is 6. The van der Waals surface area contributed by atoms with Gasteiger partial charge in [-0.3, -0.25) is 9.20 Å². The highest BCUT2D eigenvalue weighted by atomic mass is 35.5. The zero-order valence-corrected chi connectivity index (χ0v) is 15.5. The van der Waals surface area contributed by atoms with Gasteiger partial charge in [0.05, 0.1) is 16.9 Å². The maximum atomic E-state index is 12.2. The molecule has 28 heavy (non-hydrogen) atoms. The minimum atomic E-state index is -0.347. The minimum absolute atomic E-state index is 0.185. The van der Waals surface area contributed by atoms with Crippen LogP contribution in [0.25, 0.3) is 11.3 Å². The first kappa shape index (κ1) is 17.9. The molecule has 3 aromatic heterocycles. The van der Waals surface area contributed by atoms with Crippen molar-refractivity contribution in [3.8, 4) is 5.69 Å². The fourth-order valence-electron chi connectivity index (χ4n) is 2.76. The van der Waals surface area contributed by atoms with Crippen LogP contribution in [0.5, 0.6) is 0 Å². The van der Waals surface area contributed by atoms with Gasteiger partial charge in [0.25, 0.3) is 5.91 Å². The fourth-order valence-corrected chi connectivity index (χ4v) is 2.98. The van der Waals surface area contributed by atoms with Gasteiger partial charge in [-0.05, 0) is 30.7 Å². The van der Waals surface area contributed by atoms with Crippen molar-refractivity contribution in [1.29, 1.82) is 0 Å². The highest BCUT2D eigenvalue weighted by Crippen LogP contribution is 2.18. The van der Waals surface area contributed by atoms with Gasteiger partial charge in [-0.2, -0.15) is 0 Å². The summed E-state index contributed by atoms with van der Waals surface area (Å²) in [6, 6.07) is 12.5. The second-order valence-corrected chi connectivity index (χ2v) is 6.45. The van der Waals surface area contributed by atoms with E-state index in [1.54, 1.807) is 30.5 Å². The van der Waals surface area contributed by atoms with Crippen LogP contribution in [0.15, 0.2) is 59.7 Å². The molecule has 0 fully saturated rings. The normalized spacial score (nSPS) is 11.0. The molecule has 0 unspecified atom stereocenters. The van der Waals surface area contributed by atoms with Crippen molar-refractivity contribution in [1.82, 2.24) is 34.5 Å². The Morgan fingerprint density at radius 3 is 2.79 bits per heavy atom. The molecule has 0 radical (unpaired) electrons. The van der Waals surface area contributed by atoms with Gasteiger partial charge in [0, 0.05) is 19.3 Å². The van der Waals surface area contributed by atoms with Gasteiger partial charge in [-0.15, -0.1) is 10.2 Å². The van der Waals surface area contributed by atoms with Gasteiger partial charge in [0.1, 0.15) is 0 Å². The number of halogens is 1. The Morgan fingerprint density at radius 1 is 1.14 bits per heavy atom. The summed E-state index contributed by atoms with van der Waals surface area (Å²) in [4.78, 5) is 24.4. The molecule has 9 nitrogen and oxygen atoms in total. The Kier molecular flexibility index (Phi) is 4.90. The maximum Gasteiger partial charge on any atom is 0.350 e. The third kappa shape index (κ3) is 3.52. The van der Waals surface area contributed by atoms with E-state index in [0.717, 1.165) is 0 Å². The summed E-state index contributed by atoms with van der Waals surface area (Å²) in [5.41, 5.74) is 1.21. The van der Waals surface area contributed by atoms with Crippen LogP contribution >= 0.6 is 11.6 Å². The maximum absolute atomic E-state index is 12.2. The van der Waals surface area contributed by atoms with Crippen molar-refractivity contribution < 1.29 is 4.79 Å². The summed E-state index contributed by atoms with van der Waals surface area (Å²) >= 11 is 6.13. The summed E-state index contributed by atoms with van der Waals surface area (Å²) in [7, 11) is 0. The molecule has 10 heteroatoms. The van der Waals surface area contributed by atoms with E-state index in [2.05, 4.69) is 20.7 Å². The molecule has 1 aromatic carbocycles. The number of hydrogen-bond acceptors (Lipinski definition) is 5. The van der Waals surface area contributed by atoms with Crippen molar-refractivity contribution >= 4 is 23.2 Å². The van der Waals surface area contributed by atoms with Gasteiger partial charge >= 0.3 is 5.69 Å². The predicted octanol–water partition coefficient (Wildman–Crippen LogP) is 1.55. The van der Waals surface area contributed by atoms with Crippen LogP contribution in [0.3, 0.4) is 0 Å². The number of carbonyl (C=O) groups excluding carboxylic acids is 1. The first-order valence-corrected chi connectivity index (χ1v) is 9.01. The number of pyridine rings is 1. The van der Waals surface area contributed by atoms with E-state index < -0.39 is 0 Å². The Morgan fingerprint density at radius 2 is 1.96 bits per heavy atom. The number of aryl methyl sites for hydroxylation is 1. The summed E-state index contributed by atoms with van der Waals surface area (Å²) in [6.07, 6.45) is 3.74. The molecule has 142 valence electrons. The van der Waals surface area contributed by atoms with E-state index in [4.69, 9.17) is 11.6 Å². The van der Waals surface area contributed by atoms with Crippen LogP contribution in [0.4, 0.5) is 0 Å². The van der Waals surface area contributed by atoms with Crippen molar-refractivity contribution in [2.75, 3.05) is 6.54 Å². The number of rotatable bonds is 6. The quantitative estimate of drug-likeness (QED) is 0.498. The highest BCUT2D eigenvalue weighted by Gasteiger charge is 2.12. The first-order chi connectivity index (χ1) is 13.6. The minimum Gasteiger partial charge on any atom is -0.351 e. The second-order valence-electron chi connectivity index (χ2n) is 6.04. The molecular formula is C18H16ClN7O2. The Labute approximate surface area is 164 Å². The molecule has 4 aromatic rings. The largest absolute Gasteiger partial charge is 0.351 e. The number of hydrogen-bond donors (Lipinski definition) is 1. The zero-order chi connectivity index (χ0) is 19.5. The first-order valence-electron chi connectivity index (χ1n) is 8.63. The topological polar surface area (TPSA) is 99.1 Å². The van der Waals surface area contributed by atoms with Crippen molar-refractivity contribution in [2.45, 2.75) is 13.0 Å². The van der Waals surface area contributed by atoms with E-state index in [0.29, 0.717) is 35.9 Å². The summed E-state index contributed by atoms with van der Waals surface area (Å²) in [5, 5.41) is 15.4. The van der Waals surface area contributed by atoms with E-state index in [-0.39, 0.29) is 17.3 Å². The van der Waals surface area contributed by atoms with Gasteiger partial charge in [-0.25, -0.2) is 14.2 Å². The average Bonchev–Trinajstić information content (AvgIpc) is 3.31. The number of fused-ring (bicyclic) bond motifs is 1. The van der Waals surface area contributed by atoms with E-state index in [9.17, 15) is 9.59 Å². The van der Waals surface area contributed by atoms with Gasteiger partial charge in [0.2, 0.25) is 0 Å². The highest BCUT2D eigenvalue weighted by molar-refractivity contribution is 6.32. The molecule has 3 heterocycles.